The Morgan fingerprint density at radius 3 is 1.14 bits per heavy atom. The van der Waals surface area contributed by atoms with Crippen LogP contribution in [0, 0.1) is 10.8 Å². The lowest BCUT2D eigenvalue weighted by atomic mass is 9.91. The van der Waals surface area contributed by atoms with Crippen LogP contribution >= 0.6 is 78.3 Å². The molecule has 6 aromatic rings. The van der Waals surface area contributed by atoms with Gasteiger partial charge in [0.2, 0.25) is 0 Å². The first-order valence-electron chi connectivity index (χ1n) is 25.6. The molecule has 18 heteroatoms. The van der Waals surface area contributed by atoms with Gasteiger partial charge in [-0.1, -0.05) is 139 Å². The van der Waals surface area contributed by atoms with Crippen molar-refractivity contribution in [2.24, 2.45) is 10.8 Å². The first kappa shape index (κ1) is 57.8. The van der Waals surface area contributed by atoms with Crippen LogP contribution in [0.25, 0.3) is 0 Å². The Labute approximate surface area is 490 Å². The minimum Gasteiger partial charge on any atom is -0.466 e. The average Bonchev–Trinajstić information content (AvgIpc) is 4.50. The fourth-order valence-electron chi connectivity index (χ4n) is 10.3. The van der Waals surface area contributed by atoms with Crippen molar-refractivity contribution in [1.82, 2.24) is 9.80 Å². The second-order valence-corrected chi connectivity index (χ2v) is 23.7. The van der Waals surface area contributed by atoms with Gasteiger partial charge in [0.25, 0.3) is 11.8 Å². The van der Waals surface area contributed by atoms with E-state index in [1.54, 1.807) is 109 Å². The summed E-state index contributed by atoms with van der Waals surface area (Å²) in [6.07, 6.45) is 3.10. The molecule has 6 aromatic carbocycles. The summed E-state index contributed by atoms with van der Waals surface area (Å²) in [4.78, 5) is 58.0. The zero-order chi connectivity index (χ0) is 55.6. The van der Waals surface area contributed by atoms with Gasteiger partial charge in [0, 0.05) is 73.2 Å². The van der Waals surface area contributed by atoms with Crippen LogP contribution < -0.4 is 0 Å². The maximum Gasteiger partial charge on any atom is 0.308 e. The van der Waals surface area contributed by atoms with Crippen LogP contribution in [0.1, 0.15) is 119 Å². The number of amides is 2. The summed E-state index contributed by atoms with van der Waals surface area (Å²) in [6.45, 7) is 4.32. The third-order valence-corrected chi connectivity index (χ3v) is 17.0. The third kappa shape index (κ3) is 11.7. The number of carbonyl (C=O) groups excluding carboxylic acids is 4. The fourth-order valence-corrected chi connectivity index (χ4v) is 11.5. The molecule has 408 valence electrons. The highest BCUT2D eigenvalue weighted by molar-refractivity contribution is 9.10. The topological polar surface area (TPSA) is 152 Å². The zero-order valence-electron chi connectivity index (χ0n) is 42.7. The number of benzene rings is 6. The van der Waals surface area contributed by atoms with Gasteiger partial charge >= 0.3 is 11.9 Å². The highest BCUT2D eigenvalue weighted by Gasteiger charge is 2.59. The van der Waals surface area contributed by atoms with E-state index in [2.05, 4.69) is 31.9 Å². The summed E-state index contributed by atoms with van der Waals surface area (Å²) in [5.41, 5.74) is 1.42. The maximum atomic E-state index is 14.4. The second kappa shape index (κ2) is 24.1. The van der Waals surface area contributed by atoms with Gasteiger partial charge in [-0.2, -0.15) is 0 Å². The first-order valence-corrected chi connectivity index (χ1v) is 28.7. The third-order valence-electron chi connectivity index (χ3n) is 15.0. The summed E-state index contributed by atoms with van der Waals surface area (Å²) < 4.78 is 25.9. The van der Waals surface area contributed by atoms with E-state index in [1.807, 2.05) is 48.5 Å². The highest BCUT2D eigenvalue weighted by Crippen LogP contribution is 2.56. The summed E-state index contributed by atoms with van der Waals surface area (Å²) in [7, 11) is 0. The minimum absolute atomic E-state index is 0.0196. The number of aliphatic hydroxyl groups excluding tert-OH is 2. The van der Waals surface area contributed by atoms with Gasteiger partial charge in [0.15, 0.2) is 11.4 Å². The lowest BCUT2D eigenvalue weighted by molar-refractivity contribution is -0.155. The zero-order valence-corrected chi connectivity index (χ0v) is 48.9. The van der Waals surface area contributed by atoms with Gasteiger partial charge in [-0.15, -0.1) is 0 Å². The van der Waals surface area contributed by atoms with Crippen molar-refractivity contribution in [3.8, 4) is 0 Å². The standard InChI is InChI=1S/2C30H28BrCl2NO5/c2*1-2-38-27(36)16-26(19-3-8-22(32)9-4-19)34-28(37)24-15-21(31)7-12-25(24)30(34,20-5-10-23(33)11-6-20)39-18-29(17-35)13-14-29/h2*3-12,15,26,35H,2,13-14,16-18H2,1H3/t26-,30+;26-,30-/m00/s1. The number of hydrogen-bond acceptors (Lipinski definition) is 10. The maximum absolute atomic E-state index is 14.4. The number of ether oxygens (including phenoxy) is 4. The van der Waals surface area contributed by atoms with Crippen LogP contribution in [0.2, 0.25) is 20.1 Å². The van der Waals surface area contributed by atoms with Crippen LogP contribution in [-0.2, 0) is 40.0 Å². The number of esters is 2. The number of halogens is 6. The smallest absolute Gasteiger partial charge is 0.308 e. The molecular formula is C60H56Br2Cl4N2O10. The number of hydrogen-bond donors (Lipinski definition) is 2. The summed E-state index contributed by atoms with van der Waals surface area (Å²) in [6, 6.07) is 38.0. The molecular weight excluding hydrogens is 1210 g/mol. The van der Waals surface area contributed by atoms with Crippen molar-refractivity contribution in [3.63, 3.8) is 0 Å². The SMILES string of the molecule is CCOC(=O)C[C@@H](c1ccc(Cl)cc1)N1C(=O)c2cc(Br)ccc2[C@@]1(OCC1(CO)CC1)c1ccc(Cl)cc1.CCOC(=O)C[C@@H](c1ccc(Cl)cc1)N1C(=O)c2cc(Br)ccc2[C@]1(OCC1(CO)CC1)c1ccc(Cl)cc1. The predicted octanol–water partition coefficient (Wildman–Crippen LogP) is 13.8. The fraction of sp³-hybridized carbons (Fsp3) is 0.333. The van der Waals surface area contributed by atoms with E-state index in [0.29, 0.717) is 64.6 Å². The van der Waals surface area contributed by atoms with Crippen LogP contribution in [0.15, 0.2) is 142 Å². The molecule has 0 spiro atoms. The number of carbonyl (C=O) groups is 4. The molecule has 2 fully saturated rings. The molecule has 0 radical (unpaired) electrons. The largest absolute Gasteiger partial charge is 0.466 e. The van der Waals surface area contributed by atoms with E-state index in [-0.39, 0.29) is 75.1 Å². The number of rotatable bonds is 20. The van der Waals surface area contributed by atoms with E-state index >= 15 is 0 Å². The van der Waals surface area contributed by atoms with Gasteiger partial charge in [0.05, 0.1) is 64.6 Å². The molecule has 2 saturated carbocycles. The normalized spacial score (nSPS) is 20.0. The van der Waals surface area contributed by atoms with Crippen molar-refractivity contribution in [3.05, 3.63) is 207 Å². The van der Waals surface area contributed by atoms with Crippen LogP contribution in [0.4, 0.5) is 0 Å². The molecule has 0 bridgehead atoms. The van der Waals surface area contributed by atoms with Crippen molar-refractivity contribution >= 4 is 102 Å². The van der Waals surface area contributed by atoms with Crippen LogP contribution in [-0.4, -0.2) is 83.4 Å². The van der Waals surface area contributed by atoms with Crippen LogP contribution in [0.3, 0.4) is 0 Å². The highest BCUT2D eigenvalue weighted by atomic mass is 79.9. The molecule has 2 aliphatic carbocycles. The lowest BCUT2D eigenvalue weighted by Gasteiger charge is -2.44. The molecule has 78 heavy (non-hydrogen) atoms. The minimum atomic E-state index is -1.40. The Hall–Kier alpha value is -4.84. The Balaban J connectivity index is 0.000000190. The number of fused-ring (bicyclic) bond motifs is 2. The summed E-state index contributed by atoms with van der Waals surface area (Å²) >= 11 is 32.0. The summed E-state index contributed by atoms with van der Waals surface area (Å²) in [5.74, 6) is -1.47. The summed E-state index contributed by atoms with van der Waals surface area (Å²) in [5, 5.41) is 22.4. The average molecular weight is 1270 g/mol. The molecule has 0 aromatic heterocycles. The molecule has 4 atom stereocenters. The Morgan fingerprint density at radius 1 is 0.526 bits per heavy atom. The molecule has 0 saturated heterocycles. The van der Waals surface area contributed by atoms with Gasteiger partial charge in [-0.3, -0.25) is 29.0 Å². The van der Waals surface area contributed by atoms with Crippen molar-refractivity contribution < 1.29 is 48.3 Å². The van der Waals surface area contributed by atoms with Gasteiger partial charge in [0.1, 0.15) is 0 Å². The van der Waals surface area contributed by atoms with E-state index in [4.69, 9.17) is 65.4 Å². The van der Waals surface area contributed by atoms with E-state index in [0.717, 1.165) is 34.6 Å². The molecule has 2 N–H and O–H groups in total. The first-order chi connectivity index (χ1) is 37.5. The molecule has 0 unspecified atom stereocenters. The van der Waals surface area contributed by atoms with Crippen molar-refractivity contribution in [1.29, 1.82) is 0 Å². The Morgan fingerprint density at radius 2 is 0.846 bits per heavy atom. The van der Waals surface area contributed by atoms with E-state index < -0.39 is 35.5 Å². The molecule has 2 amide bonds. The van der Waals surface area contributed by atoms with Gasteiger partial charge < -0.3 is 29.2 Å². The predicted molar refractivity (Wildman–Crippen MR) is 305 cm³/mol. The molecule has 12 nitrogen and oxygen atoms in total. The second-order valence-electron chi connectivity index (χ2n) is 20.1. The lowest BCUT2D eigenvalue weighted by Crippen LogP contribution is -2.50. The van der Waals surface area contributed by atoms with E-state index in [1.165, 1.54) is 0 Å². The number of nitrogens with zero attached hydrogens (tertiary/aromatic N) is 2. The molecule has 10 rings (SSSR count). The van der Waals surface area contributed by atoms with Crippen molar-refractivity contribution in [2.75, 3.05) is 39.6 Å². The van der Waals surface area contributed by atoms with Gasteiger partial charge in [-0.25, -0.2) is 0 Å². The van der Waals surface area contributed by atoms with Gasteiger partial charge in [-0.05, 0) is 123 Å². The number of aliphatic hydroxyl groups is 2. The quantitative estimate of drug-likeness (QED) is 0.0707. The Bertz CT molecular complexity index is 2970. The van der Waals surface area contributed by atoms with Crippen LogP contribution in [0.5, 0.6) is 0 Å². The molecule has 2 aliphatic heterocycles. The van der Waals surface area contributed by atoms with E-state index in [9.17, 15) is 29.4 Å². The Kier molecular flexibility index (Phi) is 17.9. The molecule has 4 aliphatic rings. The molecule has 2 heterocycles. The monoisotopic (exact) mass is 1260 g/mol. The van der Waals surface area contributed by atoms with Crippen molar-refractivity contribution in [2.45, 2.75) is 75.9 Å².